The first-order valence-electron chi connectivity index (χ1n) is 15.9. The molecule has 0 aliphatic heterocycles. The van der Waals surface area contributed by atoms with Crippen LogP contribution in [0.15, 0.2) is 128 Å². The monoisotopic (exact) mass is 717 g/mol. The van der Waals surface area contributed by atoms with Gasteiger partial charge in [0.2, 0.25) is 12.7 Å². The minimum Gasteiger partial charge on any atom is -1.00 e. The number of imidazole rings is 2. The van der Waals surface area contributed by atoms with E-state index >= 15 is 0 Å². The molecule has 5 rings (SSSR count). The molecule has 3 aromatic carbocycles. The Morgan fingerprint density at radius 3 is 1.57 bits per heavy atom. The molecule has 5 aromatic rings. The zero-order valence-electron chi connectivity index (χ0n) is 28.9. The fourth-order valence-electron chi connectivity index (χ4n) is 4.51. The molecule has 0 amide bonds. The smallest absolute Gasteiger partial charge is 1.00 e. The summed E-state index contributed by atoms with van der Waals surface area (Å²) >= 11 is 0. The third-order valence-electron chi connectivity index (χ3n) is 7.04. The molecule has 47 heavy (non-hydrogen) atoms. The van der Waals surface area contributed by atoms with Gasteiger partial charge >= 0.3 is 17.1 Å². The first-order chi connectivity index (χ1) is 21.1. The summed E-state index contributed by atoms with van der Waals surface area (Å²) in [5, 5.41) is 0. The number of nitrogens with zero attached hydrogens (tertiary/aromatic N) is 5. The molecule has 0 saturated heterocycles. The zero-order chi connectivity index (χ0) is 31.7. The normalized spacial score (nSPS) is 10.6. The minimum atomic E-state index is 0. The van der Waals surface area contributed by atoms with Gasteiger partial charge in [0.15, 0.2) is 0 Å². The van der Waals surface area contributed by atoms with Crippen molar-refractivity contribution in [3.05, 3.63) is 146 Å². The zero-order valence-corrected chi connectivity index (χ0v) is 31.5. The molecule has 5 nitrogen and oxygen atoms in total. The topological polar surface area (TPSA) is 20.9 Å². The summed E-state index contributed by atoms with van der Waals surface area (Å²) in [4.78, 5) is 2.58. The molecule has 0 aliphatic carbocycles. The Balaban J connectivity index is 0.00000118. The van der Waals surface area contributed by atoms with Crippen LogP contribution in [0.2, 0.25) is 0 Å². The van der Waals surface area contributed by atoms with E-state index in [1.807, 2.05) is 72.8 Å². The van der Waals surface area contributed by atoms with Crippen LogP contribution in [0.1, 0.15) is 59.9 Å². The molecule has 8 heteroatoms. The van der Waals surface area contributed by atoms with Crippen molar-refractivity contribution in [2.45, 2.75) is 85.1 Å². The van der Waals surface area contributed by atoms with Crippen molar-refractivity contribution < 1.29 is 51.0 Å². The Kier molecular flexibility index (Phi) is 22.0. The largest absolute Gasteiger partial charge is 2.00 e. The van der Waals surface area contributed by atoms with Crippen LogP contribution in [-0.2, 0) is 47.8 Å². The van der Waals surface area contributed by atoms with Gasteiger partial charge in [0.05, 0.1) is 24.2 Å². The molecule has 0 radical (unpaired) electrons. The summed E-state index contributed by atoms with van der Waals surface area (Å²) in [6, 6.07) is 34.8. The van der Waals surface area contributed by atoms with Crippen LogP contribution in [0.4, 0.5) is 0 Å². The van der Waals surface area contributed by atoms with Crippen molar-refractivity contribution in [2.24, 2.45) is 0 Å². The molecule has 0 spiro atoms. The number of aromatic nitrogens is 4. The summed E-state index contributed by atoms with van der Waals surface area (Å²) in [6.07, 6.45) is 17.7. The van der Waals surface area contributed by atoms with Gasteiger partial charge in [-0.2, -0.15) is 0 Å². The first kappa shape index (κ1) is 44.1. The van der Waals surface area contributed by atoms with Crippen LogP contribution >= 0.6 is 0 Å². The molecule has 2 aromatic heterocycles. The second kappa shape index (κ2) is 23.5. The van der Waals surface area contributed by atoms with Gasteiger partial charge in [0, 0.05) is 19.6 Å². The van der Waals surface area contributed by atoms with Gasteiger partial charge in [0.1, 0.15) is 0 Å². The third-order valence-corrected chi connectivity index (χ3v) is 7.04. The van der Waals surface area contributed by atoms with Crippen molar-refractivity contribution in [2.75, 3.05) is 13.1 Å². The van der Waals surface area contributed by atoms with Crippen LogP contribution in [0.3, 0.4) is 0 Å². The van der Waals surface area contributed by atoms with E-state index in [0.29, 0.717) is 0 Å². The molecule has 2 heterocycles. The van der Waals surface area contributed by atoms with Crippen LogP contribution < -0.4 is 33.9 Å². The molecule has 0 bridgehead atoms. The average molecular weight is 719 g/mol. The minimum absolute atomic E-state index is 0. The summed E-state index contributed by atoms with van der Waals surface area (Å²) in [6.45, 7) is 18.4. The number of hydrogen-bond acceptors (Lipinski definition) is 1. The van der Waals surface area contributed by atoms with Gasteiger partial charge in [0.25, 0.3) is 0 Å². The Hall–Kier alpha value is -2.86. The standard InChI is InChI=1S/C27H41N5.2C6H6.2ClH.Fe/c1-26(2,3)31-20-18-29(23-31)16-10-14-28(22-25-12-8-7-9-13-25)15-11-17-30-19-21-32(24-30)27(4,5)6;2*1-2-4-6-5-3-1;;;/h7-9,12-13,18-21H,10-11,14-17,22H2,1-6H3;2*1-6H;2*1H;/q;;;;;+2/p-2. The molecule has 0 atom stereocenters. The fraction of sp³-hybridized carbons (Fsp3) is 0.385. The Bertz CT molecular complexity index is 1270. The van der Waals surface area contributed by atoms with Crippen LogP contribution in [0.25, 0.3) is 0 Å². The number of halogens is 2. The van der Waals surface area contributed by atoms with Crippen molar-refractivity contribution in [1.82, 2.24) is 14.0 Å². The molecule has 0 unspecified atom stereocenters. The number of rotatable bonds is 10. The van der Waals surface area contributed by atoms with Gasteiger partial charge in [-0.05, 0) is 84.7 Å². The quantitative estimate of drug-likeness (QED) is 0.122. The van der Waals surface area contributed by atoms with Crippen LogP contribution in [0, 0.1) is 12.7 Å². The van der Waals surface area contributed by atoms with E-state index in [0.717, 1.165) is 45.6 Å². The van der Waals surface area contributed by atoms with Crippen molar-refractivity contribution in [3.63, 3.8) is 0 Å². The molecule has 0 saturated carbocycles. The van der Waals surface area contributed by atoms with Gasteiger partial charge in [-0.15, -0.1) is 0 Å². The van der Waals surface area contributed by atoms with Crippen molar-refractivity contribution in [3.8, 4) is 0 Å². The van der Waals surface area contributed by atoms with Gasteiger partial charge in [-0.1, -0.05) is 103 Å². The maximum atomic E-state index is 3.46. The summed E-state index contributed by atoms with van der Waals surface area (Å²) in [5.41, 5.74) is 1.53. The Labute approximate surface area is 308 Å². The van der Waals surface area contributed by atoms with Crippen molar-refractivity contribution >= 4 is 0 Å². The third kappa shape index (κ3) is 18.3. The van der Waals surface area contributed by atoms with Crippen LogP contribution in [-0.4, -0.2) is 27.1 Å². The number of hydrogen-bond donors (Lipinski definition) is 0. The second-order valence-electron chi connectivity index (χ2n) is 13.0. The average Bonchev–Trinajstić information content (AvgIpc) is 3.71. The van der Waals surface area contributed by atoms with Gasteiger partial charge in [-0.25, -0.2) is 0 Å². The number of aryl methyl sites for hydroxylation is 2. The van der Waals surface area contributed by atoms with E-state index < -0.39 is 0 Å². The first-order valence-corrected chi connectivity index (χ1v) is 15.9. The molecule has 0 fully saturated rings. The molecule has 0 aliphatic rings. The van der Waals surface area contributed by atoms with E-state index in [2.05, 4.69) is 132 Å². The number of benzene rings is 3. The molecular weight excluding hydrogens is 665 g/mol. The van der Waals surface area contributed by atoms with E-state index in [1.165, 1.54) is 5.56 Å². The van der Waals surface area contributed by atoms with E-state index in [9.17, 15) is 0 Å². The maximum absolute atomic E-state index is 3.46. The second-order valence-corrected chi connectivity index (χ2v) is 13.0. The van der Waals surface area contributed by atoms with E-state index in [-0.39, 0.29) is 53.0 Å². The van der Waals surface area contributed by atoms with Gasteiger partial charge < -0.3 is 43.1 Å². The molecule has 256 valence electrons. The summed E-state index contributed by atoms with van der Waals surface area (Å²) in [7, 11) is 0. The Morgan fingerprint density at radius 2 is 1.13 bits per heavy atom. The fourth-order valence-corrected chi connectivity index (χ4v) is 4.51. The van der Waals surface area contributed by atoms with E-state index in [1.54, 1.807) is 0 Å². The molecule has 0 N–H and O–H groups in total. The SMILES string of the molecule is CC(C)(C)n1[c-][n+](CCCN(CCCn2[c-][n+](C(C)(C)C)cc2)Cc2ccccc2)cc1.[Cl-].[Cl-].[Fe+2].c1ccccc1.c1ccccc1. The summed E-state index contributed by atoms with van der Waals surface area (Å²) in [5.74, 6) is 0. The van der Waals surface area contributed by atoms with E-state index in [4.69, 9.17) is 0 Å². The molecular formula is C39H53Cl2FeN5. The van der Waals surface area contributed by atoms with Crippen LogP contribution in [0.5, 0.6) is 0 Å². The summed E-state index contributed by atoms with van der Waals surface area (Å²) < 4.78 is 8.69. The predicted molar refractivity (Wildman–Crippen MR) is 181 cm³/mol. The van der Waals surface area contributed by atoms with Crippen molar-refractivity contribution in [1.29, 1.82) is 0 Å². The predicted octanol–water partition coefficient (Wildman–Crippen LogP) is 1.34. The Morgan fingerprint density at radius 1 is 0.638 bits per heavy atom. The van der Waals surface area contributed by atoms with Gasteiger partial charge in [-0.3, -0.25) is 4.90 Å². The maximum Gasteiger partial charge on any atom is 2.00 e.